The number of rotatable bonds is 6. The lowest BCUT2D eigenvalue weighted by atomic mass is 10.1. The first-order valence-electron chi connectivity index (χ1n) is 6.29. The second kappa shape index (κ2) is 6.89. The predicted molar refractivity (Wildman–Crippen MR) is 73.3 cm³/mol. The molecule has 0 fully saturated rings. The van der Waals surface area contributed by atoms with Crippen LogP contribution >= 0.6 is 0 Å². The Labute approximate surface area is 108 Å². The van der Waals surface area contributed by atoms with Crippen molar-refractivity contribution in [2.75, 3.05) is 6.61 Å². The number of nitrogens with two attached hydrogens (primary N) is 1. The van der Waals surface area contributed by atoms with Crippen LogP contribution in [-0.4, -0.2) is 17.6 Å². The van der Waals surface area contributed by atoms with Gasteiger partial charge in [-0.15, -0.1) is 0 Å². The molecule has 1 aromatic carbocycles. The number of benzene rings is 1. The molecule has 0 saturated heterocycles. The molecule has 0 aliphatic heterocycles. The van der Waals surface area contributed by atoms with Gasteiger partial charge in [0.1, 0.15) is 5.75 Å². The molecule has 0 aliphatic carbocycles. The molecule has 1 atom stereocenters. The lowest BCUT2D eigenvalue weighted by Crippen LogP contribution is -2.14. The summed E-state index contributed by atoms with van der Waals surface area (Å²) in [7, 11) is 0. The molecule has 0 aromatic heterocycles. The monoisotopic (exact) mass is 250 g/mol. The molecule has 18 heavy (non-hydrogen) atoms. The molecule has 0 aliphatic rings. The van der Waals surface area contributed by atoms with Gasteiger partial charge in [0.2, 0.25) is 0 Å². The van der Waals surface area contributed by atoms with E-state index in [1.165, 1.54) is 0 Å². The van der Waals surface area contributed by atoms with Gasteiger partial charge in [0.05, 0.1) is 6.61 Å². The maximum atomic E-state index is 8.66. The van der Waals surface area contributed by atoms with Crippen LogP contribution in [0.25, 0.3) is 0 Å². The van der Waals surface area contributed by atoms with E-state index in [4.69, 9.17) is 15.7 Å². The fourth-order valence-corrected chi connectivity index (χ4v) is 1.78. The Bertz CT molecular complexity index is 416. The minimum atomic E-state index is 0.0986. The van der Waals surface area contributed by atoms with Crippen molar-refractivity contribution >= 4 is 5.84 Å². The van der Waals surface area contributed by atoms with Crippen molar-refractivity contribution in [1.82, 2.24) is 0 Å². The molecule has 1 rings (SSSR count). The smallest absolute Gasteiger partial charge is 0.170 e. The summed E-state index contributed by atoms with van der Waals surface area (Å²) in [5.74, 6) is 1.42. The molecule has 4 nitrogen and oxygen atoms in total. The third kappa shape index (κ3) is 3.95. The van der Waals surface area contributed by atoms with Crippen LogP contribution in [0.5, 0.6) is 5.75 Å². The maximum Gasteiger partial charge on any atom is 0.170 e. The highest BCUT2D eigenvalue weighted by Gasteiger charge is 2.07. The zero-order chi connectivity index (χ0) is 13.5. The molecule has 0 amide bonds. The van der Waals surface area contributed by atoms with Crippen LogP contribution in [0.4, 0.5) is 0 Å². The fraction of sp³-hybridized carbons (Fsp3) is 0.500. The van der Waals surface area contributed by atoms with Crippen LogP contribution in [0.3, 0.4) is 0 Å². The average Bonchev–Trinajstić information content (AvgIpc) is 2.37. The summed E-state index contributed by atoms with van der Waals surface area (Å²) in [6, 6.07) is 5.53. The van der Waals surface area contributed by atoms with E-state index in [1.54, 1.807) is 0 Å². The van der Waals surface area contributed by atoms with E-state index in [1.807, 2.05) is 25.1 Å². The third-order valence-electron chi connectivity index (χ3n) is 2.90. The van der Waals surface area contributed by atoms with Crippen LogP contribution in [0.2, 0.25) is 0 Å². The van der Waals surface area contributed by atoms with Crippen LogP contribution in [0.15, 0.2) is 23.4 Å². The minimum Gasteiger partial charge on any atom is -0.493 e. The summed E-state index contributed by atoms with van der Waals surface area (Å²) >= 11 is 0. The molecule has 4 heteroatoms. The van der Waals surface area contributed by atoms with Crippen LogP contribution < -0.4 is 10.5 Å². The average molecular weight is 250 g/mol. The number of hydrogen-bond donors (Lipinski definition) is 2. The molecule has 0 bridgehead atoms. The fourth-order valence-electron chi connectivity index (χ4n) is 1.78. The Hall–Kier alpha value is -1.71. The van der Waals surface area contributed by atoms with E-state index < -0.39 is 0 Å². The van der Waals surface area contributed by atoms with Gasteiger partial charge in [-0.25, -0.2) is 0 Å². The first kappa shape index (κ1) is 14.4. The second-order valence-corrected chi connectivity index (χ2v) is 4.67. The Morgan fingerprint density at radius 1 is 1.50 bits per heavy atom. The Kier molecular flexibility index (Phi) is 5.49. The van der Waals surface area contributed by atoms with Crippen molar-refractivity contribution in [3.8, 4) is 5.75 Å². The Morgan fingerprint density at radius 2 is 2.22 bits per heavy atom. The summed E-state index contributed by atoms with van der Waals surface area (Å²) in [6.07, 6.45) is 2.31. The van der Waals surface area contributed by atoms with E-state index in [-0.39, 0.29) is 5.84 Å². The number of ether oxygens (including phenoxy) is 1. The first-order chi connectivity index (χ1) is 8.58. The molecule has 1 unspecified atom stereocenters. The van der Waals surface area contributed by atoms with Crippen molar-refractivity contribution in [3.05, 3.63) is 29.3 Å². The number of hydrogen-bond acceptors (Lipinski definition) is 3. The van der Waals surface area contributed by atoms with Crippen LogP contribution in [0, 0.1) is 12.8 Å². The van der Waals surface area contributed by atoms with E-state index >= 15 is 0 Å². The highest BCUT2D eigenvalue weighted by atomic mass is 16.5. The number of amidine groups is 1. The van der Waals surface area contributed by atoms with Gasteiger partial charge in [-0.3, -0.25) is 0 Å². The van der Waals surface area contributed by atoms with E-state index in [9.17, 15) is 0 Å². The second-order valence-electron chi connectivity index (χ2n) is 4.67. The van der Waals surface area contributed by atoms with Gasteiger partial charge in [-0.1, -0.05) is 37.6 Å². The Morgan fingerprint density at radius 3 is 2.83 bits per heavy atom. The summed E-state index contributed by atoms with van der Waals surface area (Å²) in [6.45, 7) is 7.01. The number of oxime groups is 1. The van der Waals surface area contributed by atoms with E-state index in [2.05, 4.69) is 19.0 Å². The molecular weight excluding hydrogens is 228 g/mol. The number of aryl methyl sites for hydroxylation is 1. The SMILES string of the molecule is CCCC(C)COc1cc(/C(N)=N/O)ccc1C. The van der Waals surface area contributed by atoms with Crippen molar-refractivity contribution in [1.29, 1.82) is 0 Å². The predicted octanol–water partition coefficient (Wildman–Crippen LogP) is 2.90. The van der Waals surface area contributed by atoms with Gasteiger partial charge >= 0.3 is 0 Å². The summed E-state index contributed by atoms with van der Waals surface area (Å²) in [5, 5.41) is 11.7. The summed E-state index contributed by atoms with van der Waals surface area (Å²) in [5.41, 5.74) is 7.28. The standard InChI is InChI=1S/C14H22N2O2/c1-4-5-10(2)9-18-13-8-12(14(15)16-17)7-6-11(13)3/h6-8,10,17H,4-5,9H2,1-3H3,(H2,15,16). The van der Waals surface area contributed by atoms with Gasteiger partial charge in [0.25, 0.3) is 0 Å². The topological polar surface area (TPSA) is 67.8 Å². The maximum absolute atomic E-state index is 8.66. The normalized spacial score (nSPS) is 13.4. The summed E-state index contributed by atoms with van der Waals surface area (Å²) < 4.78 is 5.79. The largest absolute Gasteiger partial charge is 0.493 e. The van der Waals surface area contributed by atoms with E-state index in [0.29, 0.717) is 18.1 Å². The molecular formula is C14H22N2O2. The highest BCUT2D eigenvalue weighted by molar-refractivity contribution is 5.97. The van der Waals surface area contributed by atoms with Gasteiger partial charge in [0.15, 0.2) is 5.84 Å². The number of nitrogens with zero attached hydrogens (tertiary/aromatic N) is 1. The lowest BCUT2D eigenvalue weighted by molar-refractivity contribution is 0.250. The van der Waals surface area contributed by atoms with Crippen LogP contribution in [-0.2, 0) is 0 Å². The van der Waals surface area contributed by atoms with Gasteiger partial charge in [-0.05, 0) is 30.9 Å². The molecule has 0 spiro atoms. The van der Waals surface area contributed by atoms with Crippen molar-refractivity contribution in [3.63, 3.8) is 0 Å². The zero-order valence-corrected chi connectivity index (χ0v) is 11.3. The molecule has 1 aromatic rings. The van der Waals surface area contributed by atoms with Crippen molar-refractivity contribution in [2.45, 2.75) is 33.6 Å². The molecule has 0 saturated carbocycles. The summed E-state index contributed by atoms with van der Waals surface area (Å²) in [4.78, 5) is 0. The lowest BCUT2D eigenvalue weighted by Gasteiger charge is -2.14. The molecule has 100 valence electrons. The first-order valence-corrected chi connectivity index (χ1v) is 6.29. The van der Waals surface area contributed by atoms with Crippen molar-refractivity contribution in [2.24, 2.45) is 16.8 Å². The molecule has 3 N–H and O–H groups in total. The van der Waals surface area contributed by atoms with Gasteiger partial charge in [-0.2, -0.15) is 0 Å². The van der Waals surface area contributed by atoms with Crippen LogP contribution in [0.1, 0.15) is 37.8 Å². The zero-order valence-electron chi connectivity index (χ0n) is 11.3. The quantitative estimate of drug-likeness (QED) is 0.353. The van der Waals surface area contributed by atoms with Gasteiger partial charge < -0.3 is 15.7 Å². The minimum absolute atomic E-state index is 0.0986. The molecule has 0 radical (unpaired) electrons. The van der Waals surface area contributed by atoms with Gasteiger partial charge in [0, 0.05) is 5.56 Å². The van der Waals surface area contributed by atoms with E-state index in [0.717, 1.165) is 24.2 Å². The third-order valence-corrected chi connectivity index (χ3v) is 2.90. The highest BCUT2D eigenvalue weighted by Crippen LogP contribution is 2.20. The van der Waals surface area contributed by atoms with Crippen molar-refractivity contribution < 1.29 is 9.94 Å². The molecule has 0 heterocycles. The Balaban J connectivity index is 2.75.